The van der Waals surface area contributed by atoms with Crippen LogP contribution in [0.3, 0.4) is 0 Å². The van der Waals surface area contributed by atoms with Gasteiger partial charge in [0.1, 0.15) is 12.1 Å². The largest absolute Gasteiger partial charge is 0.384 e. The van der Waals surface area contributed by atoms with Gasteiger partial charge < -0.3 is 10.4 Å². The summed E-state index contributed by atoms with van der Waals surface area (Å²) in [6, 6.07) is 0. The second kappa shape index (κ2) is 5.47. The van der Waals surface area contributed by atoms with Crippen molar-refractivity contribution in [1.82, 2.24) is 5.32 Å². The Morgan fingerprint density at radius 1 is 1.81 bits per heavy atom. The maximum Gasteiger partial charge on any atom is 0.242 e. The number of allylic oxidation sites excluding steroid dienone is 1. The zero-order valence-corrected chi connectivity index (χ0v) is 9.36. The Morgan fingerprint density at radius 3 is 3.19 bits per heavy atom. The van der Waals surface area contributed by atoms with Gasteiger partial charge in [0.2, 0.25) is 5.91 Å². The van der Waals surface area contributed by atoms with Crippen LogP contribution in [0.2, 0.25) is 0 Å². The lowest BCUT2D eigenvalue weighted by atomic mass is 9.89. The highest BCUT2D eigenvalue weighted by atomic mass is 16.3. The quantitative estimate of drug-likeness (QED) is 0.671. The molecule has 1 rings (SSSR count). The van der Waals surface area contributed by atoms with Crippen LogP contribution in [0.4, 0.5) is 0 Å². The highest BCUT2D eigenvalue weighted by Crippen LogP contribution is 2.20. The van der Waals surface area contributed by atoms with E-state index in [0.717, 1.165) is 6.42 Å². The van der Waals surface area contributed by atoms with Crippen molar-refractivity contribution in [3.63, 3.8) is 0 Å². The van der Waals surface area contributed by atoms with Crippen LogP contribution in [0.1, 0.15) is 19.8 Å². The summed E-state index contributed by atoms with van der Waals surface area (Å²) in [5.41, 5.74) is -0.379. The minimum atomic E-state index is -0.929. The molecular formula is C12H16N2O2. The van der Waals surface area contributed by atoms with Gasteiger partial charge >= 0.3 is 0 Å². The number of carbonyl (C=O) groups excluding carboxylic acids is 1. The molecular weight excluding hydrogens is 204 g/mol. The van der Waals surface area contributed by atoms with E-state index in [2.05, 4.69) is 16.2 Å². The fourth-order valence-electron chi connectivity index (χ4n) is 1.45. The predicted octanol–water partition coefficient (Wildman–Crippen LogP) is 0.278. The van der Waals surface area contributed by atoms with E-state index in [0.29, 0.717) is 12.1 Å². The van der Waals surface area contributed by atoms with Crippen LogP contribution in [-0.2, 0) is 4.79 Å². The van der Waals surface area contributed by atoms with E-state index in [1.54, 1.807) is 13.0 Å². The van der Waals surface area contributed by atoms with Crippen LogP contribution in [-0.4, -0.2) is 35.4 Å². The number of hydrogen-bond acceptors (Lipinski definition) is 3. The average molecular weight is 220 g/mol. The third-order valence-corrected chi connectivity index (χ3v) is 2.41. The fourth-order valence-corrected chi connectivity index (χ4v) is 1.45. The van der Waals surface area contributed by atoms with Gasteiger partial charge in [-0.15, -0.1) is 6.42 Å². The molecule has 1 unspecified atom stereocenters. The molecule has 1 aliphatic carbocycles. The van der Waals surface area contributed by atoms with Crippen LogP contribution in [0.25, 0.3) is 0 Å². The molecule has 0 aromatic carbocycles. The van der Waals surface area contributed by atoms with Crippen molar-refractivity contribution in [1.29, 1.82) is 0 Å². The van der Waals surface area contributed by atoms with Crippen molar-refractivity contribution in [2.45, 2.75) is 25.4 Å². The van der Waals surface area contributed by atoms with Gasteiger partial charge in [0.05, 0.1) is 12.3 Å². The summed E-state index contributed by atoms with van der Waals surface area (Å²) in [7, 11) is 0. The second-order valence-corrected chi connectivity index (χ2v) is 3.90. The highest BCUT2D eigenvalue weighted by Gasteiger charge is 2.27. The number of hydrogen-bond donors (Lipinski definition) is 2. The van der Waals surface area contributed by atoms with Crippen molar-refractivity contribution in [3.8, 4) is 12.3 Å². The number of aliphatic imine (C=N–C) groups is 1. The van der Waals surface area contributed by atoms with E-state index in [1.807, 2.05) is 6.08 Å². The van der Waals surface area contributed by atoms with Crippen LogP contribution in [0, 0.1) is 12.3 Å². The van der Waals surface area contributed by atoms with Crippen molar-refractivity contribution in [3.05, 3.63) is 12.2 Å². The van der Waals surface area contributed by atoms with E-state index >= 15 is 0 Å². The minimum Gasteiger partial charge on any atom is -0.384 e. The number of rotatable bonds is 3. The number of terminal acetylenes is 1. The lowest BCUT2D eigenvalue weighted by Crippen LogP contribution is -2.36. The molecule has 1 amide bonds. The Morgan fingerprint density at radius 2 is 2.56 bits per heavy atom. The Balaban J connectivity index is 2.56. The number of carbonyl (C=O) groups is 1. The van der Waals surface area contributed by atoms with Crippen molar-refractivity contribution in [2.75, 3.05) is 13.1 Å². The van der Waals surface area contributed by atoms with Gasteiger partial charge in [-0.1, -0.05) is 12.0 Å². The molecule has 0 aliphatic heterocycles. The zero-order chi connectivity index (χ0) is 12.0. The second-order valence-electron chi connectivity index (χ2n) is 3.90. The first kappa shape index (κ1) is 12.5. The summed E-state index contributed by atoms with van der Waals surface area (Å²) >= 11 is 0. The summed E-state index contributed by atoms with van der Waals surface area (Å²) in [5.74, 6) is 2.07. The summed E-state index contributed by atoms with van der Waals surface area (Å²) in [6.45, 7) is 1.90. The van der Waals surface area contributed by atoms with E-state index < -0.39 is 5.60 Å². The predicted molar refractivity (Wildman–Crippen MR) is 63.1 cm³/mol. The van der Waals surface area contributed by atoms with Gasteiger partial charge in [-0.2, -0.15) is 0 Å². The molecule has 0 saturated heterocycles. The number of aliphatic hydroxyl groups is 1. The summed E-state index contributed by atoms with van der Waals surface area (Å²) in [4.78, 5) is 15.3. The number of nitrogens with zero attached hydrogens (tertiary/aromatic N) is 1. The molecule has 4 nitrogen and oxygen atoms in total. The lowest BCUT2D eigenvalue weighted by molar-refractivity contribution is -0.119. The minimum absolute atomic E-state index is 0.00248. The van der Waals surface area contributed by atoms with Gasteiger partial charge in [-0.05, 0) is 25.8 Å². The third kappa shape index (κ3) is 3.52. The van der Waals surface area contributed by atoms with Gasteiger partial charge in [0.25, 0.3) is 0 Å². The first-order valence-corrected chi connectivity index (χ1v) is 5.20. The van der Waals surface area contributed by atoms with Gasteiger partial charge in [-0.25, -0.2) is 0 Å². The molecule has 2 N–H and O–H groups in total. The molecule has 0 bridgehead atoms. The summed E-state index contributed by atoms with van der Waals surface area (Å²) in [5, 5.41) is 12.5. The summed E-state index contributed by atoms with van der Waals surface area (Å²) in [6.07, 6.45) is 10.2. The van der Waals surface area contributed by atoms with Gasteiger partial charge in [-0.3, -0.25) is 9.79 Å². The topological polar surface area (TPSA) is 61.7 Å². The van der Waals surface area contributed by atoms with Crippen LogP contribution in [0.5, 0.6) is 0 Å². The summed E-state index contributed by atoms with van der Waals surface area (Å²) < 4.78 is 0. The Hall–Kier alpha value is -1.60. The molecule has 16 heavy (non-hydrogen) atoms. The molecule has 0 spiro atoms. The average Bonchev–Trinajstić information content (AvgIpc) is 2.24. The molecule has 1 atom stereocenters. The highest BCUT2D eigenvalue weighted by molar-refractivity contribution is 6.02. The standard InChI is InChI=1S/C12H16N2O2/c1-3-8-13-11(15)9-14-10-6-4-5-7-12(10,2)16/h1,4,6,16H,5,7-9H2,2H3,(H,13,15). The van der Waals surface area contributed by atoms with Crippen LogP contribution in [0.15, 0.2) is 17.1 Å². The zero-order valence-electron chi connectivity index (χ0n) is 9.36. The maximum atomic E-state index is 11.2. The Labute approximate surface area is 95.5 Å². The van der Waals surface area contributed by atoms with Crippen molar-refractivity contribution in [2.24, 2.45) is 4.99 Å². The molecule has 0 heterocycles. The molecule has 0 radical (unpaired) electrons. The van der Waals surface area contributed by atoms with Gasteiger partial charge in [0, 0.05) is 0 Å². The van der Waals surface area contributed by atoms with Crippen molar-refractivity contribution >= 4 is 11.6 Å². The molecule has 0 fully saturated rings. The van der Waals surface area contributed by atoms with Crippen molar-refractivity contribution < 1.29 is 9.90 Å². The third-order valence-electron chi connectivity index (χ3n) is 2.41. The van der Waals surface area contributed by atoms with Crippen LogP contribution >= 0.6 is 0 Å². The monoisotopic (exact) mass is 220 g/mol. The van der Waals surface area contributed by atoms with Crippen LogP contribution < -0.4 is 5.32 Å². The Bertz CT molecular complexity index is 362. The maximum absolute atomic E-state index is 11.2. The number of nitrogens with one attached hydrogen (secondary N) is 1. The Kier molecular flexibility index (Phi) is 4.27. The molecule has 4 heteroatoms. The normalized spacial score (nSPS) is 26.4. The first-order valence-electron chi connectivity index (χ1n) is 5.20. The van der Waals surface area contributed by atoms with E-state index in [9.17, 15) is 9.90 Å². The van der Waals surface area contributed by atoms with E-state index in [1.165, 1.54) is 0 Å². The molecule has 86 valence electrons. The number of amides is 1. The smallest absolute Gasteiger partial charge is 0.242 e. The SMILES string of the molecule is C#CCNC(=O)CN=C1C=CCCC1(C)O. The first-order chi connectivity index (χ1) is 7.56. The fraction of sp³-hybridized carbons (Fsp3) is 0.500. The molecule has 0 aromatic heterocycles. The van der Waals surface area contributed by atoms with E-state index in [4.69, 9.17) is 6.42 Å². The van der Waals surface area contributed by atoms with E-state index in [-0.39, 0.29) is 19.0 Å². The molecule has 1 aliphatic rings. The molecule has 0 saturated carbocycles. The lowest BCUT2D eigenvalue weighted by Gasteiger charge is -2.26. The van der Waals surface area contributed by atoms with Gasteiger partial charge in [0.15, 0.2) is 0 Å². The molecule has 0 aromatic rings.